The third-order valence-corrected chi connectivity index (χ3v) is 4.23. The number of fused-ring (bicyclic) bond motifs is 1. The van der Waals surface area contributed by atoms with Gasteiger partial charge in [0.25, 0.3) is 11.5 Å². The van der Waals surface area contributed by atoms with Crippen LogP contribution >= 0.6 is 0 Å². The van der Waals surface area contributed by atoms with Crippen molar-refractivity contribution >= 4 is 11.6 Å². The number of pyridine rings is 1. The molecule has 0 fully saturated rings. The lowest BCUT2D eigenvalue weighted by Crippen LogP contribution is -2.27. The number of amides is 1. The van der Waals surface area contributed by atoms with Gasteiger partial charge in [-0.05, 0) is 43.5 Å². The molecule has 1 N–H and O–H groups in total. The Labute approximate surface area is 139 Å². The summed E-state index contributed by atoms with van der Waals surface area (Å²) in [5.74, 6) is -0.456. The lowest BCUT2D eigenvalue weighted by molar-refractivity contribution is 0.102. The third kappa shape index (κ3) is 3.18. The van der Waals surface area contributed by atoms with Crippen LogP contribution in [0.5, 0.6) is 5.75 Å². The molecule has 1 aliphatic heterocycles. The van der Waals surface area contributed by atoms with Crippen molar-refractivity contribution in [2.75, 3.05) is 12.4 Å². The standard InChI is InChI=1S/C18H19FN2O3/c1-24-15-11-16(22)21-10-4-2-3-5-14(21)17(15)18(23)20-13-8-6-12(19)7-9-13/h6-9,11H,2-5,10H2,1H3,(H,20,23). The summed E-state index contributed by atoms with van der Waals surface area (Å²) in [5.41, 5.74) is 1.42. The highest BCUT2D eigenvalue weighted by molar-refractivity contribution is 6.07. The van der Waals surface area contributed by atoms with Crippen molar-refractivity contribution in [3.8, 4) is 5.75 Å². The van der Waals surface area contributed by atoms with E-state index in [1.807, 2.05) is 0 Å². The van der Waals surface area contributed by atoms with Crippen LogP contribution in [0.3, 0.4) is 0 Å². The monoisotopic (exact) mass is 330 g/mol. The zero-order chi connectivity index (χ0) is 17.1. The van der Waals surface area contributed by atoms with Crippen LogP contribution in [0.4, 0.5) is 10.1 Å². The van der Waals surface area contributed by atoms with E-state index in [-0.39, 0.29) is 23.0 Å². The highest BCUT2D eigenvalue weighted by Gasteiger charge is 2.23. The molecule has 6 heteroatoms. The van der Waals surface area contributed by atoms with Crippen molar-refractivity contribution in [2.24, 2.45) is 0 Å². The number of methoxy groups -OCH3 is 1. The zero-order valence-electron chi connectivity index (χ0n) is 13.5. The van der Waals surface area contributed by atoms with E-state index in [0.29, 0.717) is 29.9 Å². The quantitative estimate of drug-likeness (QED) is 0.941. The normalized spacial score (nSPS) is 13.8. The van der Waals surface area contributed by atoms with Gasteiger partial charge in [-0.25, -0.2) is 4.39 Å². The van der Waals surface area contributed by atoms with Gasteiger partial charge < -0.3 is 14.6 Å². The van der Waals surface area contributed by atoms with E-state index in [0.717, 1.165) is 19.3 Å². The summed E-state index contributed by atoms with van der Waals surface area (Å²) in [5, 5.41) is 2.75. The van der Waals surface area contributed by atoms with Crippen molar-refractivity contribution in [3.63, 3.8) is 0 Å². The highest BCUT2D eigenvalue weighted by atomic mass is 19.1. The van der Waals surface area contributed by atoms with Crippen molar-refractivity contribution < 1.29 is 13.9 Å². The van der Waals surface area contributed by atoms with E-state index in [4.69, 9.17) is 4.74 Å². The van der Waals surface area contributed by atoms with Gasteiger partial charge in [-0.3, -0.25) is 9.59 Å². The summed E-state index contributed by atoms with van der Waals surface area (Å²) in [4.78, 5) is 25.1. The number of hydrogen-bond acceptors (Lipinski definition) is 3. The molecule has 3 rings (SSSR count). The first-order chi connectivity index (χ1) is 11.6. The molecule has 1 aromatic carbocycles. The summed E-state index contributed by atoms with van der Waals surface area (Å²) in [6, 6.07) is 6.90. The maximum atomic E-state index is 13.0. The second-order valence-corrected chi connectivity index (χ2v) is 5.80. The Hall–Kier alpha value is -2.63. The zero-order valence-corrected chi connectivity index (χ0v) is 13.5. The van der Waals surface area contributed by atoms with Gasteiger partial charge in [0.1, 0.15) is 17.1 Å². The number of carbonyl (C=O) groups excluding carboxylic acids is 1. The fraction of sp³-hybridized carbons (Fsp3) is 0.333. The van der Waals surface area contributed by atoms with Gasteiger partial charge in [0, 0.05) is 24.0 Å². The lowest BCUT2D eigenvalue weighted by Gasteiger charge is -2.17. The van der Waals surface area contributed by atoms with E-state index in [1.165, 1.54) is 37.4 Å². The molecule has 1 aliphatic rings. The van der Waals surface area contributed by atoms with Crippen LogP contribution < -0.4 is 15.6 Å². The summed E-state index contributed by atoms with van der Waals surface area (Å²) in [7, 11) is 1.44. The van der Waals surface area contributed by atoms with Gasteiger partial charge in [-0.2, -0.15) is 0 Å². The molecular weight excluding hydrogens is 311 g/mol. The van der Waals surface area contributed by atoms with Crippen LogP contribution in [0, 0.1) is 5.82 Å². The molecule has 24 heavy (non-hydrogen) atoms. The Balaban J connectivity index is 2.03. The minimum atomic E-state index is -0.370. The second kappa shape index (κ2) is 6.86. The molecule has 1 amide bonds. The number of nitrogens with one attached hydrogen (secondary N) is 1. The van der Waals surface area contributed by atoms with Crippen LogP contribution in [-0.2, 0) is 13.0 Å². The van der Waals surface area contributed by atoms with Crippen LogP contribution in [0.1, 0.15) is 35.3 Å². The molecule has 0 saturated carbocycles. The summed E-state index contributed by atoms with van der Waals surface area (Å²) in [6.07, 6.45) is 3.50. The summed E-state index contributed by atoms with van der Waals surface area (Å²) < 4.78 is 19.9. The molecule has 5 nitrogen and oxygen atoms in total. The molecule has 0 aliphatic carbocycles. The van der Waals surface area contributed by atoms with Crippen molar-refractivity contribution in [1.82, 2.24) is 4.57 Å². The van der Waals surface area contributed by atoms with Crippen molar-refractivity contribution in [3.05, 3.63) is 57.8 Å². The molecule has 0 radical (unpaired) electrons. The van der Waals surface area contributed by atoms with Gasteiger partial charge in [0.15, 0.2) is 0 Å². The lowest BCUT2D eigenvalue weighted by atomic mass is 10.1. The molecule has 0 spiro atoms. The smallest absolute Gasteiger partial charge is 0.261 e. The minimum absolute atomic E-state index is 0.151. The van der Waals surface area contributed by atoms with Crippen LogP contribution in [0.2, 0.25) is 0 Å². The number of benzene rings is 1. The Kier molecular flexibility index (Phi) is 4.64. The largest absolute Gasteiger partial charge is 0.496 e. The molecule has 1 aromatic heterocycles. The number of carbonyl (C=O) groups is 1. The van der Waals surface area contributed by atoms with Gasteiger partial charge in [0.2, 0.25) is 0 Å². The predicted molar refractivity (Wildman–Crippen MR) is 89.2 cm³/mol. The van der Waals surface area contributed by atoms with E-state index in [9.17, 15) is 14.0 Å². The maximum Gasteiger partial charge on any atom is 0.261 e. The van der Waals surface area contributed by atoms with Crippen LogP contribution in [0.15, 0.2) is 35.1 Å². The average molecular weight is 330 g/mol. The van der Waals surface area contributed by atoms with Gasteiger partial charge in [0.05, 0.1) is 7.11 Å². The van der Waals surface area contributed by atoms with Crippen LogP contribution in [0.25, 0.3) is 0 Å². The first-order valence-electron chi connectivity index (χ1n) is 7.98. The number of halogens is 1. The number of ether oxygens (including phenoxy) is 1. The number of hydrogen-bond donors (Lipinski definition) is 1. The first kappa shape index (κ1) is 16.2. The molecule has 126 valence electrons. The van der Waals surface area contributed by atoms with Crippen molar-refractivity contribution in [1.29, 1.82) is 0 Å². The van der Waals surface area contributed by atoms with E-state index in [2.05, 4.69) is 5.32 Å². The predicted octanol–water partition coefficient (Wildman–Crippen LogP) is 2.97. The number of nitrogens with zero attached hydrogens (tertiary/aromatic N) is 1. The van der Waals surface area contributed by atoms with Crippen molar-refractivity contribution in [2.45, 2.75) is 32.2 Å². The molecule has 0 atom stereocenters. The second-order valence-electron chi connectivity index (χ2n) is 5.80. The van der Waals surface area contributed by atoms with E-state index in [1.54, 1.807) is 4.57 Å². The third-order valence-electron chi connectivity index (χ3n) is 4.23. The van der Waals surface area contributed by atoms with E-state index >= 15 is 0 Å². The highest BCUT2D eigenvalue weighted by Crippen LogP contribution is 2.25. The maximum absolute atomic E-state index is 13.0. The Morgan fingerprint density at radius 3 is 2.67 bits per heavy atom. The fourth-order valence-corrected chi connectivity index (χ4v) is 3.05. The van der Waals surface area contributed by atoms with Gasteiger partial charge in [-0.15, -0.1) is 0 Å². The van der Waals surface area contributed by atoms with Gasteiger partial charge in [-0.1, -0.05) is 6.42 Å². The molecular formula is C18H19FN2O3. The SMILES string of the molecule is COc1cc(=O)n2c(c1C(=O)Nc1ccc(F)cc1)CCCCC2. The number of anilines is 1. The molecule has 2 aromatic rings. The summed E-state index contributed by atoms with van der Waals surface area (Å²) >= 11 is 0. The summed E-state index contributed by atoms with van der Waals surface area (Å²) in [6.45, 7) is 0.606. The Bertz CT molecular complexity index is 812. The Morgan fingerprint density at radius 2 is 1.96 bits per heavy atom. The molecule has 2 heterocycles. The molecule has 0 bridgehead atoms. The Morgan fingerprint density at radius 1 is 1.21 bits per heavy atom. The van der Waals surface area contributed by atoms with E-state index < -0.39 is 0 Å². The molecule has 0 unspecified atom stereocenters. The van der Waals surface area contributed by atoms with Gasteiger partial charge >= 0.3 is 0 Å². The first-order valence-corrected chi connectivity index (χ1v) is 7.98. The topological polar surface area (TPSA) is 60.3 Å². The average Bonchev–Trinajstić information content (AvgIpc) is 2.83. The molecule has 0 saturated heterocycles. The minimum Gasteiger partial charge on any atom is -0.496 e. The number of aromatic nitrogens is 1. The fourth-order valence-electron chi connectivity index (χ4n) is 3.05. The number of rotatable bonds is 3. The van der Waals surface area contributed by atoms with Crippen LogP contribution in [-0.4, -0.2) is 17.6 Å².